The normalized spacial score (nSPS) is 16.5. The van der Waals surface area contributed by atoms with Crippen LogP contribution in [0.1, 0.15) is 17.3 Å². The molecule has 7 heteroatoms. The van der Waals surface area contributed by atoms with Crippen molar-refractivity contribution in [3.63, 3.8) is 0 Å². The van der Waals surface area contributed by atoms with Crippen LogP contribution in [-0.2, 0) is 4.79 Å². The van der Waals surface area contributed by atoms with E-state index in [1.54, 1.807) is 24.3 Å². The van der Waals surface area contributed by atoms with Crippen LogP contribution < -0.4 is 10.6 Å². The average Bonchev–Trinajstić information content (AvgIpc) is 2.50. The smallest absolute Gasteiger partial charge is 0.255 e. The maximum absolute atomic E-state index is 13.8. The molecule has 1 heterocycles. The number of anilines is 2. The van der Waals surface area contributed by atoms with Crippen molar-refractivity contribution >= 4 is 50.9 Å². The summed E-state index contributed by atoms with van der Waals surface area (Å²) >= 11 is 4.60. The number of nitrogens with one attached hydrogen (secondary N) is 2. The monoisotopic (exact) mass is 394 g/mol. The predicted octanol–water partition coefficient (Wildman–Crippen LogP) is 4.27. The number of thioether (sulfide) groups is 1. The first-order valence-corrected chi connectivity index (χ1v) is 8.49. The molecule has 1 aliphatic heterocycles. The Morgan fingerprint density at radius 3 is 2.83 bits per heavy atom. The number of carbonyl (C=O) groups excluding carboxylic acids is 2. The Kier molecular flexibility index (Phi) is 4.41. The fourth-order valence-corrected chi connectivity index (χ4v) is 3.40. The molecule has 3 rings (SSSR count). The van der Waals surface area contributed by atoms with Gasteiger partial charge >= 0.3 is 0 Å². The summed E-state index contributed by atoms with van der Waals surface area (Å²) in [5.74, 6) is -1.06. The molecule has 0 aromatic heterocycles. The number of hydrogen-bond acceptors (Lipinski definition) is 3. The van der Waals surface area contributed by atoms with Gasteiger partial charge in [-0.1, -0.05) is 15.9 Å². The lowest BCUT2D eigenvalue weighted by molar-refractivity contribution is -0.115. The molecule has 0 bridgehead atoms. The van der Waals surface area contributed by atoms with Gasteiger partial charge < -0.3 is 10.6 Å². The van der Waals surface area contributed by atoms with Crippen LogP contribution >= 0.6 is 27.7 Å². The Morgan fingerprint density at radius 2 is 2.09 bits per heavy atom. The second kappa shape index (κ2) is 6.33. The van der Waals surface area contributed by atoms with Gasteiger partial charge in [-0.3, -0.25) is 9.59 Å². The number of benzene rings is 2. The highest BCUT2D eigenvalue weighted by atomic mass is 79.9. The summed E-state index contributed by atoms with van der Waals surface area (Å²) in [4.78, 5) is 24.9. The first-order valence-electron chi connectivity index (χ1n) is 6.82. The van der Waals surface area contributed by atoms with Gasteiger partial charge in [-0.15, -0.1) is 11.8 Å². The molecule has 0 saturated heterocycles. The van der Waals surface area contributed by atoms with Crippen LogP contribution in [0.2, 0.25) is 0 Å². The number of fused-ring (bicyclic) bond motifs is 1. The average molecular weight is 395 g/mol. The molecule has 0 saturated carbocycles. The largest absolute Gasteiger partial charge is 0.324 e. The zero-order valence-electron chi connectivity index (χ0n) is 12.0. The maximum atomic E-state index is 13.8. The van der Waals surface area contributed by atoms with Crippen LogP contribution in [0.3, 0.4) is 0 Å². The van der Waals surface area contributed by atoms with Crippen LogP contribution in [0.5, 0.6) is 0 Å². The van der Waals surface area contributed by atoms with E-state index in [4.69, 9.17) is 0 Å². The van der Waals surface area contributed by atoms with Gasteiger partial charge in [0, 0.05) is 14.9 Å². The van der Waals surface area contributed by atoms with Gasteiger partial charge in [-0.05, 0) is 43.3 Å². The van der Waals surface area contributed by atoms with Crippen molar-refractivity contribution in [2.45, 2.75) is 17.1 Å². The van der Waals surface area contributed by atoms with Crippen LogP contribution in [0.15, 0.2) is 45.8 Å². The highest BCUT2D eigenvalue weighted by molar-refractivity contribution is 9.10. The van der Waals surface area contributed by atoms with Crippen molar-refractivity contribution in [1.29, 1.82) is 0 Å². The Labute approximate surface area is 145 Å². The molecular weight excluding hydrogens is 383 g/mol. The van der Waals surface area contributed by atoms with Crippen molar-refractivity contribution < 1.29 is 14.0 Å². The summed E-state index contributed by atoms with van der Waals surface area (Å²) in [6.07, 6.45) is 0. The fourth-order valence-electron chi connectivity index (χ4n) is 2.14. The molecule has 0 aliphatic carbocycles. The van der Waals surface area contributed by atoms with Crippen molar-refractivity contribution in [3.05, 3.63) is 52.3 Å². The summed E-state index contributed by atoms with van der Waals surface area (Å²) in [5, 5.41) is 5.13. The molecule has 0 spiro atoms. The summed E-state index contributed by atoms with van der Waals surface area (Å²) in [7, 11) is 0. The van der Waals surface area contributed by atoms with E-state index < -0.39 is 11.7 Å². The van der Waals surface area contributed by atoms with Crippen molar-refractivity contribution in [2.75, 3.05) is 10.6 Å². The molecule has 1 unspecified atom stereocenters. The van der Waals surface area contributed by atoms with E-state index in [1.807, 2.05) is 6.92 Å². The molecule has 0 fully saturated rings. The molecule has 2 N–H and O–H groups in total. The van der Waals surface area contributed by atoms with Crippen molar-refractivity contribution in [2.24, 2.45) is 0 Å². The zero-order valence-corrected chi connectivity index (χ0v) is 14.4. The van der Waals surface area contributed by atoms with Crippen molar-refractivity contribution in [3.8, 4) is 0 Å². The highest BCUT2D eigenvalue weighted by Gasteiger charge is 2.23. The van der Waals surface area contributed by atoms with Gasteiger partial charge in [-0.25, -0.2) is 4.39 Å². The molecule has 118 valence electrons. The molecule has 2 amide bonds. The predicted molar refractivity (Wildman–Crippen MR) is 92.4 cm³/mol. The van der Waals surface area contributed by atoms with Gasteiger partial charge in [-0.2, -0.15) is 0 Å². The van der Waals surface area contributed by atoms with Crippen LogP contribution in [-0.4, -0.2) is 17.1 Å². The standard InChI is InChI=1S/C16H12BrFN2O2S/c1-8-15(21)20-13-6-9(2-5-14(13)23-8)16(22)19-12-4-3-10(17)7-11(12)18/h2-8H,1H3,(H,19,22)(H,20,21). The van der Waals surface area contributed by atoms with Gasteiger partial charge in [0.05, 0.1) is 16.6 Å². The summed E-state index contributed by atoms with van der Waals surface area (Å²) < 4.78 is 14.4. The van der Waals surface area contributed by atoms with Gasteiger partial charge in [0.15, 0.2) is 0 Å². The molecule has 2 aromatic rings. The first kappa shape index (κ1) is 16.0. The molecular formula is C16H12BrFN2O2S. The number of carbonyl (C=O) groups is 2. The summed E-state index contributed by atoms with van der Waals surface area (Å²) in [5.41, 5.74) is 1.05. The number of rotatable bonds is 2. The minimum absolute atomic E-state index is 0.0981. The van der Waals surface area contributed by atoms with Crippen molar-refractivity contribution in [1.82, 2.24) is 0 Å². The van der Waals surface area contributed by atoms with E-state index in [9.17, 15) is 14.0 Å². The SMILES string of the molecule is CC1Sc2ccc(C(=O)Nc3ccc(Br)cc3F)cc2NC1=O. The highest BCUT2D eigenvalue weighted by Crippen LogP contribution is 2.36. The Morgan fingerprint density at radius 1 is 1.30 bits per heavy atom. The van der Waals surface area contributed by atoms with Crippen LogP contribution in [0, 0.1) is 5.82 Å². The van der Waals surface area contributed by atoms with E-state index in [0.29, 0.717) is 15.7 Å². The quantitative estimate of drug-likeness (QED) is 0.799. The van der Waals surface area contributed by atoms with E-state index in [1.165, 1.54) is 23.9 Å². The third-order valence-electron chi connectivity index (χ3n) is 3.35. The lowest BCUT2D eigenvalue weighted by Gasteiger charge is -2.21. The third kappa shape index (κ3) is 3.40. The van der Waals surface area contributed by atoms with Crippen LogP contribution in [0.25, 0.3) is 0 Å². The summed E-state index contributed by atoms with van der Waals surface area (Å²) in [6.45, 7) is 1.82. The van der Waals surface area contributed by atoms with E-state index in [-0.39, 0.29) is 16.8 Å². The second-order valence-corrected chi connectivity index (χ2v) is 7.34. The maximum Gasteiger partial charge on any atom is 0.255 e. The summed E-state index contributed by atoms with van der Waals surface area (Å²) in [6, 6.07) is 9.43. The van der Waals surface area contributed by atoms with Crippen LogP contribution in [0.4, 0.5) is 15.8 Å². The third-order valence-corrected chi connectivity index (χ3v) is 5.02. The van der Waals surface area contributed by atoms with E-state index in [2.05, 4.69) is 26.6 Å². The Balaban J connectivity index is 1.83. The number of amides is 2. The molecule has 1 atom stereocenters. The van der Waals surface area contributed by atoms with Gasteiger partial charge in [0.25, 0.3) is 5.91 Å². The molecule has 1 aliphatic rings. The minimum Gasteiger partial charge on any atom is -0.324 e. The van der Waals surface area contributed by atoms with Gasteiger partial charge in [0.1, 0.15) is 5.82 Å². The fraction of sp³-hybridized carbons (Fsp3) is 0.125. The molecule has 0 radical (unpaired) electrons. The van der Waals surface area contributed by atoms with Gasteiger partial charge in [0.2, 0.25) is 5.91 Å². The number of hydrogen-bond donors (Lipinski definition) is 2. The molecule has 2 aromatic carbocycles. The lowest BCUT2D eigenvalue weighted by Crippen LogP contribution is -2.26. The van der Waals surface area contributed by atoms with E-state index >= 15 is 0 Å². The topological polar surface area (TPSA) is 58.2 Å². The first-order chi connectivity index (χ1) is 10.9. The molecule has 23 heavy (non-hydrogen) atoms. The Bertz CT molecular complexity index is 813. The molecule has 4 nitrogen and oxygen atoms in total. The second-order valence-electron chi connectivity index (χ2n) is 5.04. The Hall–Kier alpha value is -1.86. The zero-order chi connectivity index (χ0) is 16.6. The van der Waals surface area contributed by atoms with E-state index in [0.717, 1.165) is 4.90 Å². The lowest BCUT2D eigenvalue weighted by atomic mass is 10.1. The minimum atomic E-state index is -0.525. The number of halogens is 2.